The molecule has 2 aliphatic rings. The average Bonchev–Trinajstić information content (AvgIpc) is 3.24. The van der Waals surface area contributed by atoms with E-state index >= 15 is 0 Å². The number of sulfonamides is 1. The summed E-state index contributed by atoms with van der Waals surface area (Å²) in [6, 6.07) is 3.53. The van der Waals surface area contributed by atoms with Gasteiger partial charge in [0.05, 0.1) is 18.2 Å². The normalized spacial score (nSPS) is 19.1. The molecule has 3 heterocycles. The second kappa shape index (κ2) is 10.2. The van der Waals surface area contributed by atoms with Crippen LogP contribution in [0.15, 0.2) is 22.5 Å². The number of ketones is 1. The Balaban J connectivity index is 1.46. The number of phenols is 1. The van der Waals surface area contributed by atoms with Gasteiger partial charge in [-0.25, -0.2) is 13.4 Å². The standard InChI is InChI=1S/C22H30N4O5S2/c1-16(27)18-11-19(22(28)20(12-18)14-25-7-9-31-10-8-25)13-24-3-5-26(6-4-24)33(29,30)21-15-32-17(2)23-21/h11-12,15,28H,3-10,13-14H2,1-2H3. The molecular formula is C22H30N4O5S2. The highest BCUT2D eigenvalue weighted by molar-refractivity contribution is 7.89. The van der Waals surface area contributed by atoms with Crippen molar-refractivity contribution in [2.75, 3.05) is 52.5 Å². The Hall–Kier alpha value is -1.89. The number of carbonyl (C=O) groups is 1. The first-order valence-corrected chi connectivity index (χ1v) is 13.4. The third-order valence-electron chi connectivity index (χ3n) is 6.10. The van der Waals surface area contributed by atoms with E-state index in [9.17, 15) is 18.3 Å². The van der Waals surface area contributed by atoms with Gasteiger partial charge >= 0.3 is 0 Å². The fourth-order valence-electron chi connectivity index (χ4n) is 4.17. The number of hydrogen-bond acceptors (Lipinski definition) is 9. The first-order chi connectivity index (χ1) is 15.7. The highest BCUT2D eigenvalue weighted by Crippen LogP contribution is 2.29. The van der Waals surface area contributed by atoms with Gasteiger partial charge in [-0.05, 0) is 26.0 Å². The minimum atomic E-state index is -3.59. The smallest absolute Gasteiger partial charge is 0.261 e. The van der Waals surface area contributed by atoms with Crippen molar-refractivity contribution in [2.45, 2.75) is 32.0 Å². The minimum Gasteiger partial charge on any atom is -0.507 e. The van der Waals surface area contributed by atoms with Crippen LogP contribution in [0.25, 0.3) is 0 Å². The van der Waals surface area contributed by atoms with Crippen LogP contribution in [0.2, 0.25) is 0 Å². The highest BCUT2D eigenvalue weighted by atomic mass is 32.2. The molecule has 11 heteroatoms. The number of aromatic nitrogens is 1. The summed E-state index contributed by atoms with van der Waals surface area (Å²) in [5.74, 6) is 0.161. The number of ether oxygens (including phenoxy) is 1. The van der Waals surface area contributed by atoms with Crippen LogP contribution in [0.5, 0.6) is 5.75 Å². The third-order valence-corrected chi connectivity index (χ3v) is 8.80. The number of phenolic OH excluding ortho intramolecular Hbond substituents is 1. The summed E-state index contributed by atoms with van der Waals surface area (Å²) in [4.78, 5) is 20.6. The second-order valence-corrected chi connectivity index (χ2v) is 11.4. The lowest BCUT2D eigenvalue weighted by Gasteiger charge is -2.34. The van der Waals surface area contributed by atoms with Gasteiger partial charge in [-0.2, -0.15) is 4.31 Å². The van der Waals surface area contributed by atoms with Crippen molar-refractivity contribution >= 4 is 27.1 Å². The fraction of sp³-hybridized carbons (Fsp3) is 0.545. The van der Waals surface area contributed by atoms with Gasteiger partial charge < -0.3 is 9.84 Å². The summed E-state index contributed by atoms with van der Waals surface area (Å²) in [6.45, 7) is 8.99. The number of Topliss-reactive ketones (excluding diaryl/α,β-unsaturated/α-hetero) is 1. The van der Waals surface area contributed by atoms with Crippen molar-refractivity contribution in [1.29, 1.82) is 0 Å². The fourth-order valence-corrected chi connectivity index (χ4v) is 6.49. The number of aromatic hydroxyl groups is 1. The van der Waals surface area contributed by atoms with E-state index in [0.717, 1.165) is 23.7 Å². The number of rotatable bonds is 7. The summed E-state index contributed by atoms with van der Waals surface area (Å²) in [5, 5.41) is 13.4. The number of nitrogens with zero attached hydrogens (tertiary/aromatic N) is 4. The minimum absolute atomic E-state index is 0.0473. The van der Waals surface area contributed by atoms with Crippen LogP contribution in [-0.2, 0) is 27.8 Å². The zero-order valence-corrected chi connectivity index (χ0v) is 20.6. The number of carbonyl (C=O) groups excluding carboxylic acids is 1. The molecule has 0 atom stereocenters. The van der Waals surface area contributed by atoms with Crippen LogP contribution in [0, 0.1) is 6.92 Å². The molecule has 0 bridgehead atoms. The Morgan fingerprint density at radius 2 is 1.64 bits per heavy atom. The van der Waals surface area contributed by atoms with Crippen LogP contribution in [0.1, 0.15) is 33.4 Å². The first kappa shape index (κ1) is 24.2. The van der Waals surface area contributed by atoms with E-state index in [1.54, 1.807) is 24.4 Å². The van der Waals surface area contributed by atoms with E-state index < -0.39 is 10.0 Å². The van der Waals surface area contributed by atoms with E-state index in [4.69, 9.17) is 4.74 Å². The predicted octanol–water partition coefficient (Wildman–Crippen LogP) is 1.70. The number of benzene rings is 1. The van der Waals surface area contributed by atoms with Crippen LogP contribution in [-0.4, -0.2) is 90.9 Å². The summed E-state index contributed by atoms with van der Waals surface area (Å²) in [6.07, 6.45) is 0. The Morgan fingerprint density at radius 1 is 1.06 bits per heavy atom. The molecule has 4 rings (SSSR count). The number of morpholine rings is 1. The maximum absolute atomic E-state index is 12.8. The van der Waals surface area contributed by atoms with Crippen molar-refractivity contribution in [1.82, 2.24) is 19.1 Å². The van der Waals surface area contributed by atoms with Gasteiger partial charge in [0.25, 0.3) is 10.0 Å². The zero-order chi connectivity index (χ0) is 23.6. The second-order valence-electron chi connectivity index (χ2n) is 8.47. The topological polar surface area (TPSA) is 103 Å². The van der Waals surface area contributed by atoms with Gasteiger partial charge in [0, 0.05) is 74.4 Å². The van der Waals surface area contributed by atoms with Crippen LogP contribution in [0.4, 0.5) is 0 Å². The lowest BCUT2D eigenvalue weighted by molar-refractivity contribution is 0.0338. The van der Waals surface area contributed by atoms with Crippen molar-refractivity contribution in [2.24, 2.45) is 0 Å². The number of hydrogen-bond donors (Lipinski definition) is 1. The lowest BCUT2D eigenvalue weighted by Crippen LogP contribution is -2.48. The van der Waals surface area contributed by atoms with E-state index in [-0.39, 0.29) is 16.6 Å². The first-order valence-electron chi connectivity index (χ1n) is 11.0. The summed E-state index contributed by atoms with van der Waals surface area (Å²) in [7, 11) is -3.59. The SMILES string of the molecule is CC(=O)c1cc(CN2CCOCC2)c(O)c(CN2CCN(S(=O)(=O)c3csc(C)n3)CC2)c1. The van der Waals surface area contributed by atoms with Gasteiger partial charge in [-0.3, -0.25) is 14.6 Å². The van der Waals surface area contributed by atoms with Crippen LogP contribution >= 0.6 is 11.3 Å². The van der Waals surface area contributed by atoms with Crippen molar-refractivity contribution < 1.29 is 23.1 Å². The van der Waals surface area contributed by atoms with E-state index in [1.165, 1.54) is 22.6 Å². The molecule has 2 aliphatic heterocycles. The van der Waals surface area contributed by atoms with E-state index in [2.05, 4.69) is 14.8 Å². The number of thiazole rings is 1. The summed E-state index contributed by atoms with van der Waals surface area (Å²) < 4.78 is 32.5. The monoisotopic (exact) mass is 494 g/mol. The molecule has 2 saturated heterocycles. The predicted molar refractivity (Wildman–Crippen MR) is 125 cm³/mol. The molecule has 0 radical (unpaired) electrons. The maximum atomic E-state index is 12.8. The van der Waals surface area contributed by atoms with Crippen molar-refractivity contribution in [3.8, 4) is 5.75 Å². The maximum Gasteiger partial charge on any atom is 0.261 e. The summed E-state index contributed by atoms with van der Waals surface area (Å²) in [5.41, 5.74) is 2.00. The van der Waals surface area contributed by atoms with Gasteiger partial charge in [-0.1, -0.05) is 0 Å². The molecular weight excluding hydrogens is 464 g/mol. The molecule has 2 aromatic rings. The van der Waals surface area contributed by atoms with E-state index in [1.807, 2.05) is 0 Å². The molecule has 180 valence electrons. The molecule has 1 aromatic carbocycles. The van der Waals surface area contributed by atoms with Crippen LogP contribution < -0.4 is 0 Å². The Morgan fingerprint density at radius 3 is 2.15 bits per heavy atom. The van der Waals surface area contributed by atoms with Gasteiger partial charge in [0.1, 0.15) is 5.75 Å². The molecule has 33 heavy (non-hydrogen) atoms. The van der Waals surface area contributed by atoms with Gasteiger partial charge in [0.15, 0.2) is 10.8 Å². The summed E-state index contributed by atoms with van der Waals surface area (Å²) >= 11 is 1.32. The third kappa shape index (κ3) is 5.61. The molecule has 0 aliphatic carbocycles. The zero-order valence-electron chi connectivity index (χ0n) is 19.0. The highest BCUT2D eigenvalue weighted by Gasteiger charge is 2.30. The Labute approximate surface area is 198 Å². The molecule has 2 fully saturated rings. The molecule has 1 N–H and O–H groups in total. The largest absolute Gasteiger partial charge is 0.507 e. The van der Waals surface area contributed by atoms with Crippen LogP contribution in [0.3, 0.4) is 0 Å². The van der Waals surface area contributed by atoms with Crippen molar-refractivity contribution in [3.05, 3.63) is 39.2 Å². The molecule has 0 spiro atoms. The van der Waals surface area contributed by atoms with Crippen molar-refractivity contribution in [3.63, 3.8) is 0 Å². The molecule has 9 nitrogen and oxygen atoms in total. The number of aryl methyl sites for hydroxylation is 1. The quantitative estimate of drug-likeness (QED) is 0.580. The van der Waals surface area contributed by atoms with Gasteiger partial charge in [-0.15, -0.1) is 11.3 Å². The van der Waals surface area contributed by atoms with E-state index in [0.29, 0.717) is 63.6 Å². The molecule has 0 unspecified atom stereocenters. The molecule has 0 saturated carbocycles. The molecule has 0 amide bonds. The number of piperazine rings is 1. The Kier molecular flexibility index (Phi) is 7.46. The molecule has 1 aromatic heterocycles. The van der Waals surface area contributed by atoms with Gasteiger partial charge in [0.2, 0.25) is 0 Å². The average molecular weight is 495 g/mol. The Bertz CT molecular complexity index is 1100. The lowest BCUT2D eigenvalue weighted by atomic mass is 10.0.